The fraction of sp³-hybridized carbons (Fsp3) is 0.167. The van der Waals surface area contributed by atoms with Crippen LogP contribution in [0.25, 0.3) is 0 Å². The SMILES string of the molecule is COc1ccc(Cl)cc1Nc1ncnc(N)c1OC. The zero-order valence-corrected chi connectivity index (χ0v) is 11.2. The third-order valence-corrected chi connectivity index (χ3v) is 2.69. The largest absolute Gasteiger partial charge is 0.495 e. The Hall–Kier alpha value is -2.21. The summed E-state index contributed by atoms with van der Waals surface area (Å²) in [5, 5.41) is 3.63. The van der Waals surface area contributed by atoms with Crippen LogP contribution in [0.3, 0.4) is 0 Å². The Balaban J connectivity index is 2.41. The molecule has 0 amide bonds. The molecule has 0 atom stereocenters. The lowest BCUT2D eigenvalue weighted by molar-refractivity contribution is 0.413. The predicted octanol–water partition coefficient (Wildman–Crippen LogP) is 2.47. The lowest BCUT2D eigenvalue weighted by atomic mass is 10.3. The molecular formula is C12H13ClN4O2. The second-order valence-electron chi connectivity index (χ2n) is 3.61. The lowest BCUT2D eigenvalue weighted by Crippen LogP contribution is -2.03. The molecule has 7 heteroatoms. The van der Waals surface area contributed by atoms with Gasteiger partial charge in [-0.3, -0.25) is 0 Å². The molecule has 0 saturated carbocycles. The highest BCUT2D eigenvalue weighted by Crippen LogP contribution is 2.34. The standard InChI is InChI=1S/C12H13ClN4O2/c1-18-9-4-3-7(13)5-8(9)17-12-10(19-2)11(14)15-6-16-12/h3-6H,1-2H3,(H3,14,15,16,17). The van der Waals surface area contributed by atoms with Gasteiger partial charge < -0.3 is 20.5 Å². The van der Waals surface area contributed by atoms with Gasteiger partial charge >= 0.3 is 0 Å². The Labute approximate surface area is 115 Å². The van der Waals surface area contributed by atoms with E-state index in [9.17, 15) is 0 Å². The smallest absolute Gasteiger partial charge is 0.204 e. The quantitative estimate of drug-likeness (QED) is 0.895. The van der Waals surface area contributed by atoms with Gasteiger partial charge in [0.1, 0.15) is 12.1 Å². The molecule has 2 rings (SSSR count). The Bertz CT molecular complexity index is 592. The van der Waals surface area contributed by atoms with E-state index < -0.39 is 0 Å². The van der Waals surface area contributed by atoms with Crippen LogP contribution in [0.15, 0.2) is 24.5 Å². The molecule has 0 bridgehead atoms. The fourth-order valence-electron chi connectivity index (χ4n) is 1.58. The highest BCUT2D eigenvalue weighted by molar-refractivity contribution is 6.31. The van der Waals surface area contributed by atoms with Crippen molar-refractivity contribution in [2.75, 3.05) is 25.3 Å². The van der Waals surface area contributed by atoms with Crippen molar-refractivity contribution in [3.05, 3.63) is 29.5 Å². The van der Waals surface area contributed by atoms with Gasteiger partial charge in [-0.1, -0.05) is 11.6 Å². The van der Waals surface area contributed by atoms with Gasteiger partial charge in [-0.2, -0.15) is 0 Å². The number of ether oxygens (including phenoxy) is 2. The van der Waals surface area contributed by atoms with Gasteiger partial charge in [0.2, 0.25) is 5.75 Å². The average Bonchev–Trinajstić information content (AvgIpc) is 2.39. The van der Waals surface area contributed by atoms with E-state index in [1.807, 2.05) is 0 Å². The lowest BCUT2D eigenvalue weighted by Gasteiger charge is -2.13. The molecule has 0 aliphatic carbocycles. The zero-order valence-electron chi connectivity index (χ0n) is 10.5. The molecule has 1 heterocycles. The van der Waals surface area contributed by atoms with Crippen LogP contribution in [0.1, 0.15) is 0 Å². The van der Waals surface area contributed by atoms with Gasteiger partial charge in [0, 0.05) is 5.02 Å². The first-order valence-electron chi connectivity index (χ1n) is 5.40. The van der Waals surface area contributed by atoms with Crippen molar-refractivity contribution >= 4 is 28.9 Å². The Kier molecular flexibility index (Phi) is 3.91. The second-order valence-corrected chi connectivity index (χ2v) is 4.05. The number of nitrogens with two attached hydrogens (primary N) is 1. The number of halogens is 1. The summed E-state index contributed by atoms with van der Waals surface area (Å²) in [6, 6.07) is 5.21. The number of methoxy groups -OCH3 is 2. The average molecular weight is 281 g/mol. The molecule has 0 spiro atoms. The summed E-state index contributed by atoms with van der Waals surface area (Å²) in [5.74, 6) is 1.68. The Morgan fingerprint density at radius 2 is 2.00 bits per heavy atom. The maximum atomic E-state index is 5.96. The monoisotopic (exact) mass is 280 g/mol. The van der Waals surface area contributed by atoms with Gasteiger partial charge in [-0.15, -0.1) is 0 Å². The zero-order chi connectivity index (χ0) is 13.8. The first-order valence-corrected chi connectivity index (χ1v) is 5.78. The predicted molar refractivity (Wildman–Crippen MR) is 74.3 cm³/mol. The third kappa shape index (κ3) is 2.79. The number of hydrogen-bond donors (Lipinski definition) is 2. The number of nitrogen functional groups attached to an aromatic ring is 1. The number of aromatic nitrogens is 2. The van der Waals surface area contributed by atoms with Crippen molar-refractivity contribution in [2.24, 2.45) is 0 Å². The molecule has 0 unspecified atom stereocenters. The van der Waals surface area contributed by atoms with Gasteiger partial charge in [0.15, 0.2) is 11.6 Å². The molecule has 19 heavy (non-hydrogen) atoms. The van der Waals surface area contributed by atoms with Crippen LogP contribution in [-0.2, 0) is 0 Å². The molecule has 0 aliphatic rings. The molecule has 2 aromatic rings. The van der Waals surface area contributed by atoms with E-state index in [2.05, 4.69) is 15.3 Å². The maximum absolute atomic E-state index is 5.96. The second kappa shape index (κ2) is 5.62. The normalized spacial score (nSPS) is 10.1. The van der Waals surface area contributed by atoms with Crippen LogP contribution < -0.4 is 20.5 Å². The first-order chi connectivity index (χ1) is 9.15. The van der Waals surface area contributed by atoms with E-state index >= 15 is 0 Å². The van der Waals surface area contributed by atoms with E-state index in [0.29, 0.717) is 28.0 Å². The summed E-state index contributed by atoms with van der Waals surface area (Å²) in [4.78, 5) is 7.94. The van der Waals surface area contributed by atoms with Gasteiger partial charge in [0.05, 0.1) is 19.9 Å². The van der Waals surface area contributed by atoms with E-state index in [0.717, 1.165) is 0 Å². The van der Waals surface area contributed by atoms with Crippen LogP contribution >= 0.6 is 11.6 Å². The molecule has 0 radical (unpaired) electrons. The number of nitrogens with one attached hydrogen (secondary N) is 1. The number of hydrogen-bond acceptors (Lipinski definition) is 6. The van der Waals surface area contributed by atoms with Crippen LogP contribution in [0, 0.1) is 0 Å². The summed E-state index contributed by atoms with van der Waals surface area (Å²) < 4.78 is 10.4. The number of nitrogens with zero attached hydrogens (tertiary/aromatic N) is 2. The molecule has 0 saturated heterocycles. The molecule has 100 valence electrons. The minimum atomic E-state index is 0.251. The van der Waals surface area contributed by atoms with Crippen LogP contribution in [0.2, 0.25) is 5.02 Å². The van der Waals surface area contributed by atoms with Crippen LogP contribution in [-0.4, -0.2) is 24.2 Å². The van der Waals surface area contributed by atoms with E-state index in [1.54, 1.807) is 25.3 Å². The van der Waals surface area contributed by atoms with Crippen molar-refractivity contribution in [3.8, 4) is 11.5 Å². The van der Waals surface area contributed by atoms with E-state index in [4.69, 9.17) is 26.8 Å². The van der Waals surface area contributed by atoms with E-state index in [1.165, 1.54) is 13.4 Å². The minimum Gasteiger partial charge on any atom is -0.495 e. The molecule has 0 fully saturated rings. The van der Waals surface area contributed by atoms with Crippen molar-refractivity contribution in [1.82, 2.24) is 9.97 Å². The first kappa shape index (κ1) is 13.2. The maximum Gasteiger partial charge on any atom is 0.204 e. The summed E-state index contributed by atoms with van der Waals surface area (Å²) in [6.45, 7) is 0. The summed E-state index contributed by atoms with van der Waals surface area (Å²) in [5.41, 5.74) is 6.37. The van der Waals surface area contributed by atoms with Crippen molar-refractivity contribution in [2.45, 2.75) is 0 Å². The van der Waals surface area contributed by atoms with Gasteiger partial charge in [0.25, 0.3) is 0 Å². The number of benzene rings is 1. The fourth-order valence-corrected chi connectivity index (χ4v) is 1.76. The molecular weight excluding hydrogens is 268 g/mol. The van der Waals surface area contributed by atoms with Crippen LogP contribution in [0.4, 0.5) is 17.3 Å². The van der Waals surface area contributed by atoms with Crippen LogP contribution in [0.5, 0.6) is 11.5 Å². The van der Waals surface area contributed by atoms with Crippen molar-refractivity contribution < 1.29 is 9.47 Å². The van der Waals surface area contributed by atoms with E-state index in [-0.39, 0.29) is 5.82 Å². The molecule has 1 aromatic heterocycles. The number of rotatable bonds is 4. The molecule has 6 nitrogen and oxygen atoms in total. The summed E-state index contributed by atoms with van der Waals surface area (Å²) >= 11 is 5.96. The minimum absolute atomic E-state index is 0.251. The van der Waals surface area contributed by atoms with Gasteiger partial charge in [-0.05, 0) is 18.2 Å². The number of anilines is 3. The molecule has 1 aromatic carbocycles. The summed E-state index contributed by atoms with van der Waals surface area (Å²) in [7, 11) is 3.06. The third-order valence-electron chi connectivity index (χ3n) is 2.45. The highest BCUT2D eigenvalue weighted by Gasteiger charge is 2.12. The highest BCUT2D eigenvalue weighted by atomic mass is 35.5. The molecule has 3 N–H and O–H groups in total. The Morgan fingerprint density at radius 1 is 1.21 bits per heavy atom. The van der Waals surface area contributed by atoms with Crippen molar-refractivity contribution in [3.63, 3.8) is 0 Å². The molecule has 0 aliphatic heterocycles. The van der Waals surface area contributed by atoms with Crippen molar-refractivity contribution in [1.29, 1.82) is 0 Å². The summed E-state index contributed by atoms with van der Waals surface area (Å²) in [6.07, 6.45) is 1.34. The van der Waals surface area contributed by atoms with Gasteiger partial charge in [-0.25, -0.2) is 9.97 Å². The topological polar surface area (TPSA) is 82.3 Å². The Morgan fingerprint density at radius 3 is 2.68 bits per heavy atom.